The molecule has 0 radical (unpaired) electrons. The maximum atomic E-state index is 14.4. The minimum atomic E-state index is -1.19. The second-order valence-electron chi connectivity index (χ2n) is 5.72. The molecule has 2 aromatic carbocycles. The molecule has 0 unspecified atom stereocenters. The van der Waals surface area contributed by atoms with Crippen molar-refractivity contribution in [3.05, 3.63) is 72.1 Å². The van der Waals surface area contributed by atoms with E-state index in [4.69, 9.17) is 0 Å². The summed E-state index contributed by atoms with van der Waals surface area (Å²) in [5.41, 5.74) is 0.442. The van der Waals surface area contributed by atoms with E-state index in [1.54, 1.807) is 0 Å². The summed E-state index contributed by atoms with van der Waals surface area (Å²) in [5, 5.41) is -0.863. The summed E-state index contributed by atoms with van der Waals surface area (Å²) < 4.78 is 43.0. The van der Waals surface area contributed by atoms with Gasteiger partial charge in [0.25, 0.3) is 0 Å². The molecule has 140 valence electrons. The average Bonchev–Trinajstić information content (AvgIpc) is 2.60. The van der Waals surface area contributed by atoms with Crippen molar-refractivity contribution in [3.8, 4) is 11.1 Å². The molecule has 2 rings (SSSR count). The van der Waals surface area contributed by atoms with Crippen LogP contribution < -0.4 is 0 Å². The molecule has 0 atom stereocenters. The number of rotatable bonds is 5. The minimum Gasteiger partial charge on any atom is -0.282 e. The van der Waals surface area contributed by atoms with Crippen LogP contribution in [0.25, 0.3) is 11.1 Å². The predicted octanol–water partition coefficient (Wildman–Crippen LogP) is 6.16. The molecule has 27 heavy (non-hydrogen) atoms. The topological polar surface area (TPSA) is 34.1 Å². The summed E-state index contributed by atoms with van der Waals surface area (Å²) in [7, 11) is 0. The Bertz CT molecular complexity index is 968. The maximum Gasteiger partial charge on any atom is 0.219 e. The summed E-state index contributed by atoms with van der Waals surface area (Å²) in [4.78, 5) is 23.2. The first-order valence-electron chi connectivity index (χ1n) is 7.65. The third-order valence-corrected chi connectivity index (χ3v) is 5.55. The Balaban J connectivity index is 2.36. The summed E-state index contributed by atoms with van der Waals surface area (Å²) in [6.07, 6.45) is 0. The van der Waals surface area contributed by atoms with E-state index in [-0.39, 0.29) is 37.2 Å². The van der Waals surface area contributed by atoms with Crippen LogP contribution in [0.15, 0.2) is 64.4 Å². The van der Waals surface area contributed by atoms with E-state index in [0.29, 0.717) is 23.5 Å². The first-order chi connectivity index (χ1) is 12.6. The van der Waals surface area contributed by atoms with Crippen LogP contribution in [-0.2, 0) is 9.59 Å². The standard InChI is InChI=1S/C20H15F3O2S2/c1-10(2)19(24)26-15-7-5-12(9-14(15)21)13-6-8-16(18(23)17(13)22)27-20(25)11(3)4/h5-9H,1,3H2,2,4H3. The average molecular weight is 408 g/mol. The van der Waals surface area contributed by atoms with Gasteiger partial charge >= 0.3 is 0 Å². The fraction of sp³-hybridized carbons (Fsp3) is 0.100. The number of hydrogen-bond donors (Lipinski definition) is 0. The first-order valence-corrected chi connectivity index (χ1v) is 9.28. The van der Waals surface area contributed by atoms with Crippen LogP contribution in [0.4, 0.5) is 13.2 Å². The van der Waals surface area contributed by atoms with Crippen LogP contribution in [0.2, 0.25) is 0 Å². The Morgan fingerprint density at radius 1 is 0.815 bits per heavy atom. The summed E-state index contributed by atoms with van der Waals surface area (Å²) in [5.74, 6) is -3.11. The van der Waals surface area contributed by atoms with Gasteiger partial charge < -0.3 is 0 Å². The van der Waals surface area contributed by atoms with Crippen molar-refractivity contribution >= 4 is 33.8 Å². The van der Waals surface area contributed by atoms with Gasteiger partial charge in [-0.3, -0.25) is 9.59 Å². The molecule has 2 nitrogen and oxygen atoms in total. The van der Waals surface area contributed by atoms with Crippen LogP contribution in [0.1, 0.15) is 13.8 Å². The molecule has 0 aliphatic rings. The van der Waals surface area contributed by atoms with E-state index < -0.39 is 22.6 Å². The lowest BCUT2D eigenvalue weighted by atomic mass is 10.0. The second kappa shape index (κ2) is 8.63. The molecule has 0 fully saturated rings. The highest BCUT2D eigenvalue weighted by atomic mass is 32.2. The number of carbonyl (C=O) groups is 2. The number of halogens is 3. The van der Waals surface area contributed by atoms with Crippen LogP contribution >= 0.6 is 23.5 Å². The first kappa shape index (κ1) is 21.1. The lowest BCUT2D eigenvalue weighted by Crippen LogP contribution is -1.98. The molecule has 0 aromatic heterocycles. The van der Waals surface area contributed by atoms with Crippen molar-refractivity contribution in [2.45, 2.75) is 23.6 Å². The van der Waals surface area contributed by atoms with Gasteiger partial charge in [-0.25, -0.2) is 13.2 Å². The summed E-state index contributed by atoms with van der Waals surface area (Å²) in [6, 6.07) is 6.26. The van der Waals surface area contributed by atoms with E-state index in [2.05, 4.69) is 13.2 Å². The van der Waals surface area contributed by atoms with Gasteiger partial charge in [-0.05, 0) is 72.3 Å². The molecule has 0 bridgehead atoms. The largest absolute Gasteiger partial charge is 0.282 e. The van der Waals surface area contributed by atoms with E-state index in [0.717, 1.165) is 6.07 Å². The number of benzene rings is 2. The Hall–Kier alpha value is -2.25. The van der Waals surface area contributed by atoms with E-state index in [9.17, 15) is 22.8 Å². The third-order valence-electron chi connectivity index (χ3n) is 3.39. The Kier molecular flexibility index (Phi) is 6.73. The molecule has 0 saturated carbocycles. The summed E-state index contributed by atoms with van der Waals surface area (Å²) >= 11 is 1.21. The minimum absolute atomic E-state index is 0.0619. The molecule has 7 heteroatoms. The zero-order valence-electron chi connectivity index (χ0n) is 14.6. The van der Waals surface area contributed by atoms with Crippen molar-refractivity contribution in [1.29, 1.82) is 0 Å². The highest BCUT2D eigenvalue weighted by Crippen LogP contribution is 2.34. The van der Waals surface area contributed by atoms with Gasteiger partial charge in [0.2, 0.25) is 10.2 Å². The van der Waals surface area contributed by atoms with Crippen molar-refractivity contribution in [2.75, 3.05) is 0 Å². The zero-order valence-corrected chi connectivity index (χ0v) is 16.2. The normalized spacial score (nSPS) is 10.6. The van der Waals surface area contributed by atoms with Gasteiger partial charge in [0.1, 0.15) is 5.82 Å². The van der Waals surface area contributed by atoms with E-state index >= 15 is 0 Å². The monoisotopic (exact) mass is 408 g/mol. The fourth-order valence-corrected chi connectivity index (χ4v) is 3.31. The third kappa shape index (κ3) is 4.93. The van der Waals surface area contributed by atoms with E-state index in [1.807, 2.05) is 0 Å². The highest BCUT2D eigenvalue weighted by molar-refractivity contribution is 8.14. The Labute approximate surface area is 163 Å². The van der Waals surface area contributed by atoms with Crippen LogP contribution in [0.5, 0.6) is 0 Å². The SMILES string of the molecule is C=C(C)C(=O)Sc1ccc(-c2ccc(SC(=O)C(=C)C)c(F)c2F)cc1F. The molecule has 0 aliphatic carbocycles. The zero-order chi connectivity index (χ0) is 20.3. The quantitative estimate of drug-likeness (QED) is 0.438. The fourth-order valence-electron chi connectivity index (χ4n) is 1.96. The Morgan fingerprint density at radius 3 is 1.85 bits per heavy atom. The number of carbonyl (C=O) groups excluding carboxylic acids is 2. The number of hydrogen-bond acceptors (Lipinski definition) is 4. The van der Waals surface area contributed by atoms with Crippen LogP contribution in [0, 0.1) is 17.5 Å². The van der Waals surface area contributed by atoms with Gasteiger partial charge in [-0.2, -0.15) is 0 Å². The van der Waals surface area contributed by atoms with Gasteiger partial charge in [-0.1, -0.05) is 25.3 Å². The van der Waals surface area contributed by atoms with Gasteiger partial charge in [0.15, 0.2) is 11.6 Å². The van der Waals surface area contributed by atoms with Crippen molar-refractivity contribution in [2.24, 2.45) is 0 Å². The highest BCUT2D eigenvalue weighted by Gasteiger charge is 2.19. The summed E-state index contributed by atoms with van der Waals surface area (Å²) in [6.45, 7) is 9.93. The molecule has 0 heterocycles. The lowest BCUT2D eigenvalue weighted by Gasteiger charge is -2.10. The van der Waals surface area contributed by atoms with Gasteiger partial charge in [-0.15, -0.1) is 0 Å². The van der Waals surface area contributed by atoms with Gasteiger partial charge in [0.05, 0.1) is 9.79 Å². The molecular formula is C20H15F3O2S2. The van der Waals surface area contributed by atoms with Crippen LogP contribution in [-0.4, -0.2) is 10.2 Å². The molecular weight excluding hydrogens is 393 g/mol. The second-order valence-corrected chi connectivity index (χ2v) is 7.75. The molecule has 2 aromatic rings. The van der Waals surface area contributed by atoms with Crippen molar-refractivity contribution < 1.29 is 22.8 Å². The van der Waals surface area contributed by atoms with Crippen molar-refractivity contribution in [3.63, 3.8) is 0 Å². The molecule has 0 N–H and O–H groups in total. The number of thioether (sulfide) groups is 2. The predicted molar refractivity (Wildman–Crippen MR) is 103 cm³/mol. The smallest absolute Gasteiger partial charge is 0.219 e. The molecule has 0 saturated heterocycles. The molecule has 0 spiro atoms. The Morgan fingerprint density at radius 2 is 1.33 bits per heavy atom. The van der Waals surface area contributed by atoms with Gasteiger partial charge in [0, 0.05) is 5.56 Å². The van der Waals surface area contributed by atoms with Crippen molar-refractivity contribution in [1.82, 2.24) is 0 Å². The van der Waals surface area contributed by atoms with Crippen LogP contribution in [0.3, 0.4) is 0 Å². The maximum absolute atomic E-state index is 14.4. The molecule has 0 aliphatic heterocycles. The molecule has 0 amide bonds. The van der Waals surface area contributed by atoms with E-state index in [1.165, 1.54) is 38.1 Å². The lowest BCUT2D eigenvalue weighted by molar-refractivity contribution is -0.108.